The molecule has 5 nitrogen and oxygen atoms in total. The molecule has 21 heavy (non-hydrogen) atoms. The van der Waals surface area contributed by atoms with Crippen LogP contribution in [0.15, 0.2) is 11.7 Å². The van der Waals surface area contributed by atoms with E-state index in [1.807, 2.05) is 34.6 Å². The van der Waals surface area contributed by atoms with Crippen LogP contribution < -0.4 is 0 Å². The van der Waals surface area contributed by atoms with Crippen molar-refractivity contribution in [1.82, 2.24) is 9.97 Å². The van der Waals surface area contributed by atoms with Crippen molar-refractivity contribution < 1.29 is 14.4 Å². The highest BCUT2D eigenvalue weighted by Crippen LogP contribution is 2.38. The molecule has 2 rings (SSSR count). The van der Waals surface area contributed by atoms with Crippen LogP contribution in [0.5, 0.6) is 0 Å². The maximum absolute atomic E-state index is 9.64. The molecule has 1 N–H and O–H groups in total. The lowest BCUT2D eigenvalue weighted by atomic mass is 9.77. The van der Waals surface area contributed by atoms with Gasteiger partial charge in [0.1, 0.15) is 0 Å². The van der Waals surface area contributed by atoms with E-state index in [-0.39, 0.29) is 11.9 Å². The van der Waals surface area contributed by atoms with Crippen LogP contribution in [-0.2, 0) is 9.31 Å². The summed E-state index contributed by atoms with van der Waals surface area (Å²) in [5.74, 6) is 0. The third-order valence-electron chi connectivity index (χ3n) is 4.07. The Hall–Kier alpha value is -0.945. The summed E-state index contributed by atoms with van der Waals surface area (Å²) in [6.07, 6.45) is 3.40. The standard InChI is InChI=1S/C14H20BClN2O3/c1-9-10(7-17-12(16)18-9)6-11(8-19)15-20-13(2,3)14(4,5)21-15/h6-7,19H,8H2,1-5H3. The van der Waals surface area contributed by atoms with E-state index >= 15 is 0 Å². The summed E-state index contributed by atoms with van der Waals surface area (Å²) < 4.78 is 11.9. The number of rotatable bonds is 3. The van der Waals surface area contributed by atoms with Gasteiger partial charge in [-0.15, -0.1) is 0 Å². The maximum atomic E-state index is 9.64. The number of nitrogens with zero attached hydrogens (tertiary/aromatic N) is 2. The van der Waals surface area contributed by atoms with E-state index in [4.69, 9.17) is 20.9 Å². The van der Waals surface area contributed by atoms with Crippen molar-refractivity contribution in [3.63, 3.8) is 0 Å². The number of hydrogen-bond acceptors (Lipinski definition) is 5. The summed E-state index contributed by atoms with van der Waals surface area (Å²) >= 11 is 5.75. The molecule has 0 atom stereocenters. The van der Waals surface area contributed by atoms with Crippen molar-refractivity contribution in [3.8, 4) is 0 Å². The van der Waals surface area contributed by atoms with Gasteiger partial charge >= 0.3 is 7.12 Å². The second-order valence-electron chi connectivity index (χ2n) is 6.15. The van der Waals surface area contributed by atoms with Gasteiger partial charge < -0.3 is 14.4 Å². The molecule has 0 aliphatic carbocycles. The van der Waals surface area contributed by atoms with Crippen LogP contribution in [0.4, 0.5) is 0 Å². The number of aromatic nitrogens is 2. The van der Waals surface area contributed by atoms with E-state index < -0.39 is 18.3 Å². The fraction of sp³-hybridized carbons (Fsp3) is 0.571. The molecule has 0 amide bonds. The Kier molecular flexibility index (Phi) is 4.45. The molecule has 2 heterocycles. The van der Waals surface area contributed by atoms with Crippen LogP contribution >= 0.6 is 11.6 Å². The van der Waals surface area contributed by atoms with Crippen molar-refractivity contribution in [2.24, 2.45) is 0 Å². The lowest BCUT2D eigenvalue weighted by molar-refractivity contribution is 0.00578. The highest BCUT2D eigenvalue weighted by atomic mass is 35.5. The molecule has 0 aromatic carbocycles. The molecule has 1 aliphatic rings. The van der Waals surface area contributed by atoms with Gasteiger partial charge in [-0.3, -0.25) is 0 Å². The zero-order valence-corrected chi connectivity index (χ0v) is 13.7. The summed E-state index contributed by atoms with van der Waals surface area (Å²) in [5, 5.41) is 9.84. The molecule has 0 unspecified atom stereocenters. The number of halogens is 1. The van der Waals surface area contributed by atoms with Crippen molar-refractivity contribution >= 4 is 24.8 Å². The molecule has 1 fully saturated rings. The van der Waals surface area contributed by atoms with Crippen LogP contribution in [0.2, 0.25) is 5.28 Å². The number of hydrogen-bond donors (Lipinski definition) is 1. The van der Waals surface area contributed by atoms with Gasteiger partial charge in [-0.2, -0.15) is 0 Å². The van der Waals surface area contributed by atoms with Gasteiger partial charge in [-0.05, 0) is 51.7 Å². The minimum Gasteiger partial charge on any atom is -0.400 e. The fourth-order valence-electron chi connectivity index (χ4n) is 1.97. The zero-order chi connectivity index (χ0) is 15.8. The van der Waals surface area contributed by atoms with E-state index in [0.29, 0.717) is 5.47 Å². The topological polar surface area (TPSA) is 64.5 Å². The van der Waals surface area contributed by atoms with Crippen molar-refractivity contribution in [2.45, 2.75) is 45.8 Å². The SMILES string of the molecule is Cc1nc(Cl)ncc1C=C(CO)B1OC(C)(C)C(C)(C)O1. The van der Waals surface area contributed by atoms with Crippen molar-refractivity contribution in [2.75, 3.05) is 6.61 Å². The number of aliphatic hydroxyl groups excluding tert-OH is 1. The van der Waals surface area contributed by atoms with Gasteiger partial charge in [-0.1, -0.05) is 6.08 Å². The van der Waals surface area contributed by atoms with Gasteiger partial charge in [0.15, 0.2) is 0 Å². The molecule has 0 spiro atoms. The Bertz CT molecular complexity index is 559. The highest BCUT2D eigenvalue weighted by Gasteiger charge is 2.52. The Balaban J connectivity index is 2.31. The van der Waals surface area contributed by atoms with Gasteiger partial charge in [0.05, 0.1) is 17.8 Å². The first-order valence-electron chi connectivity index (χ1n) is 6.82. The summed E-state index contributed by atoms with van der Waals surface area (Å²) in [6.45, 7) is 9.55. The average Bonchev–Trinajstić information content (AvgIpc) is 2.57. The monoisotopic (exact) mass is 310 g/mol. The molecular formula is C14H20BClN2O3. The van der Waals surface area contributed by atoms with Crippen LogP contribution in [0, 0.1) is 6.92 Å². The van der Waals surface area contributed by atoms with Crippen LogP contribution in [-0.4, -0.2) is 40.0 Å². The van der Waals surface area contributed by atoms with Crippen molar-refractivity contribution in [3.05, 3.63) is 28.2 Å². The largest absolute Gasteiger partial charge is 0.492 e. The Morgan fingerprint density at radius 3 is 2.38 bits per heavy atom. The van der Waals surface area contributed by atoms with Gasteiger partial charge in [-0.25, -0.2) is 9.97 Å². The Morgan fingerprint density at radius 2 is 1.90 bits per heavy atom. The first-order chi connectivity index (χ1) is 9.66. The second kappa shape index (κ2) is 5.68. The smallest absolute Gasteiger partial charge is 0.400 e. The van der Waals surface area contributed by atoms with E-state index in [1.165, 1.54) is 0 Å². The minimum atomic E-state index is -0.588. The van der Waals surface area contributed by atoms with Gasteiger partial charge in [0, 0.05) is 17.5 Å². The van der Waals surface area contributed by atoms with Crippen LogP contribution in [0.3, 0.4) is 0 Å². The molecule has 114 valence electrons. The molecule has 0 saturated carbocycles. The van der Waals surface area contributed by atoms with Crippen molar-refractivity contribution in [1.29, 1.82) is 0 Å². The molecular weight excluding hydrogens is 290 g/mol. The summed E-state index contributed by atoms with van der Waals surface area (Å²) in [6, 6.07) is 0. The Morgan fingerprint density at radius 1 is 1.33 bits per heavy atom. The lowest BCUT2D eigenvalue weighted by Gasteiger charge is -2.32. The molecule has 0 radical (unpaired) electrons. The molecule has 1 aromatic heterocycles. The molecule has 1 aromatic rings. The quantitative estimate of drug-likeness (QED) is 0.686. The third-order valence-corrected chi connectivity index (χ3v) is 4.25. The summed E-state index contributed by atoms with van der Waals surface area (Å²) in [5.41, 5.74) is 1.24. The van der Waals surface area contributed by atoms with Crippen LogP contribution in [0.25, 0.3) is 6.08 Å². The second-order valence-corrected chi connectivity index (χ2v) is 6.48. The molecule has 7 heteroatoms. The Labute approximate surface area is 130 Å². The molecule has 1 aliphatic heterocycles. The molecule has 0 bridgehead atoms. The number of aryl methyl sites for hydroxylation is 1. The fourth-order valence-corrected chi connectivity index (χ4v) is 2.15. The number of aliphatic hydroxyl groups is 1. The molecule has 1 saturated heterocycles. The lowest BCUT2D eigenvalue weighted by Crippen LogP contribution is -2.41. The normalized spacial score (nSPS) is 20.9. The van der Waals surface area contributed by atoms with E-state index in [1.54, 1.807) is 12.3 Å². The predicted molar refractivity (Wildman–Crippen MR) is 82.9 cm³/mol. The van der Waals surface area contributed by atoms with Crippen LogP contribution in [0.1, 0.15) is 39.0 Å². The van der Waals surface area contributed by atoms with E-state index in [9.17, 15) is 5.11 Å². The average molecular weight is 311 g/mol. The highest BCUT2D eigenvalue weighted by molar-refractivity contribution is 6.55. The predicted octanol–water partition coefficient (Wildman–Crippen LogP) is 2.45. The summed E-state index contributed by atoms with van der Waals surface area (Å²) in [7, 11) is -0.588. The maximum Gasteiger partial charge on any atom is 0.492 e. The van der Waals surface area contributed by atoms with E-state index in [0.717, 1.165) is 11.3 Å². The first-order valence-corrected chi connectivity index (χ1v) is 7.20. The zero-order valence-electron chi connectivity index (χ0n) is 13.0. The minimum absolute atomic E-state index is 0.168. The first kappa shape index (κ1) is 16.4. The van der Waals surface area contributed by atoms with Gasteiger partial charge in [0.2, 0.25) is 5.28 Å². The summed E-state index contributed by atoms with van der Waals surface area (Å²) in [4.78, 5) is 8.05. The third kappa shape index (κ3) is 3.29. The van der Waals surface area contributed by atoms with E-state index in [2.05, 4.69) is 9.97 Å². The van der Waals surface area contributed by atoms with Gasteiger partial charge in [0.25, 0.3) is 0 Å².